The highest BCUT2D eigenvalue weighted by Crippen LogP contribution is 2.09. The molecule has 0 saturated heterocycles. The van der Waals surface area contributed by atoms with Gasteiger partial charge in [0, 0.05) is 25.9 Å². The Morgan fingerprint density at radius 2 is 2.10 bits per heavy atom. The van der Waals surface area contributed by atoms with Crippen molar-refractivity contribution in [2.24, 2.45) is 5.73 Å². The van der Waals surface area contributed by atoms with Crippen LogP contribution in [0.1, 0.15) is 19.8 Å². The van der Waals surface area contributed by atoms with Crippen LogP contribution in [0, 0.1) is 0 Å². The smallest absolute Gasteiger partial charge is 0.0479 e. The molecule has 0 aromatic carbocycles. The molecule has 0 rings (SSSR count). The van der Waals surface area contributed by atoms with Crippen LogP contribution in [0.3, 0.4) is 0 Å². The molecule has 3 nitrogen and oxygen atoms in total. The summed E-state index contributed by atoms with van der Waals surface area (Å²) in [5.41, 5.74) is 5.50. The predicted molar refractivity (Wildman–Crippen MR) is 40.8 cm³/mol. The van der Waals surface area contributed by atoms with E-state index in [1.165, 1.54) is 0 Å². The molecule has 0 saturated carbocycles. The van der Waals surface area contributed by atoms with Gasteiger partial charge in [0.05, 0.1) is 0 Å². The zero-order chi connectivity index (χ0) is 8.04. The van der Waals surface area contributed by atoms with E-state index in [1.54, 1.807) is 7.11 Å². The van der Waals surface area contributed by atoms with Gasteiger partial charge < -0.3 is 15.6 Å². The molecule has 0 amide bonds. The molecule has 0 fully saturated rings. The first-order chi connectivity index (χ1) is 4.62. The van der Waals surface area contributed by atoms with Gasteiger partial charge in [0.25, 0.3) is 0 Å². The van der Waals surface area contributed by atoms with Gasteiger partial charge in [-0.05, 0) is 19.8 Å². The van der Waals surface area contributed by atoms with Crippen molar-refractivity contribution < 1.29 is 9.84 Å². The van der Waals surface area contributed by atoms with Crippen LogP contribution in [0.25, 0.3) is 0 Å². The minimum absolute atomic E-state index is 0.150. The number of aliphatic hydroxyl groups is 1. The van der Waals surface area contributed by atoms with E-state index in [1.807, 2.05) is 6.92 Å². The van der Waals surface area contributed by atoms with Crippen molar-refractivity contribution in [3.63, 3.8) is 0 Å². The monoisotopic (exact) mass is 147 g/mol. The Balaban J connectivity index is 3.42. The highest BCUT2D eigenvalue weighted by Gasteiger charge is 2.16. The lowest BCUT2D eigenvalue weighted by molar-refractivity contribution is 0.158. The van der Waals surface area contributed by atoms with Gasteiger partial charge in [-0.25, -0.2) is 0 Å². The van der Waals surface area contributed by atoms with Gasteiger partial charge in [-0.3, -0.25) is 0 Å². The lowest BCUT2D eigenvalue weighted by Gasteiger charge is -2.22. The molecule has 0 aliphatic rings. The number of nitrogens with two attached hydrogens (primary N) is 1. The van der Waals surface area contributed by atoms with E-state index in [9.17, 15) is 0 Å². The summed E-state index contributed by atoms with van der Waals surface area (Å²) in [6.07, 6.45) is 1.43. The van der Waals surface area contributed by atoms with E-state index in [0.29, 0.717) is 13.0 Å². The number of aliphatic hydroxyl groups excluding tert-OH is 1. The van der Waals surface area contributed by atoms with Crippen LogP contribution >= 0.6 is 0 Å². The molecular weight excluding hydrogens is 130 g/mol. The maximum absolute atomic E-state index is 8.58. The predicted octanol–water partition coefficient (Wildman–Crippen LogP) is 0.123. The van der Waals surface area contributed by atoms with Gasteiger partial charge in [0.1, 0.15) is 0 Å². The summed E-state index contributed by atoms with van der Waals surface area (Å²) in [5.74, 6) is 0. The van der Waals surface area contributed by atoms with Gasteiger partial charge in [0.15, 0.2) is 0 Å². The molecular formula is C7H17NO2. The Hall–Kier alpha value is -0.120. The van der Waals surface area contributed by atoms with Crippen molar-refractivity contribution in [2.75, 3.05) is 20.3 Å². The normalized spacial score (nSPS) is 16.8. The number of rotatable bonds is 5. The first-order valence-electron chi connectivity index (χ1n) is 3.51. The van der Waals surface area contributed by atoms with Crippen molar-refractivity contribution in [3.05, 3.63) is 0 Å². The summed E-state index contributed by atoms with van der Waals surface area (Å²) in [7, 11) is 1.65. The molecule has 1 unspecified atom stereocenters. The van der Waals surface area contributed by atoms with Gasteiger partial charge in [0.2, 0.25) is 0 Å². The standard InChI is InChI=1S/C7H17NO2/c1-7(8,3-5-9)4-6-10-2/h9H,3-6,8H2,1-2H3. The minimum atomic E-state index is -0.273. The van der Waals surface area contributed by atoms with Crippen LogP contribution in [-0.2, 0) is 4.74 Å². The van der Waals surface area contributed by atoms with Gasteiger partial charge in [-0.15, -0.1) is 0 Å². The Morgan fingerprint density at radius 1 is 1.50 bits per heavy atom. The average Bonchev–Trinajstić information content (AvgIpc) is 1.84. The van der Waals surface area contributed by atoms with Crippen LogP contribution in [0.2, 0.25) is 0 Å². The van der Waals surface area contributed by atoms with Gasteiger partial charge >= 0.3 is 0 Å². The molecule has 0 aliphatic carbocycles. The molecule has 0 radical (unpaired) electrons. The quantitative estimate of drug-likeness (QED) is 0.581. The summed E-state index contributed by atoms with van der Waals surface area (Å²) in [6, 6.07) is 0. The van der Waals surface area contributed by atoms with Crippen LogP contribution < -0.4 is 5.73 Å². The third-order valence-electron chi connectivity index (χ3n) is 1.56. The number of hydrogen-bond donors (Lipinski definition) is 2. The van der Waals surface area contributed by atoms with Crippen LogP contribution in [0.15, 0.2) is 0 Å². The highest BCUT2D eigenvalue weighted by atomic mass is 16.5. The molecule has 3 N–H and O–H groups in total. The van der Waals surface area contributed by atoms with E-state index in [2.05, 4.69) is 0 Å². The number of hydrogen-bond acceptors (Lipinski definition) is 3. The van der Waals surface area contributed by atoms with Gasteiger partial charge in [-0.1, -0.05) is 0 Å². The van der Waals surface area contributed by atoms with Crippen molar-refractivity contribution in [2.45, 2.75) is 25.3 Å². The van der Waals surface area contributed by atoms with Crippen molar-refractivity contribution in [1.82, 2.24) is 0 Å². The van der Waals surface area contributed by atoms with E-state index in [4.69, 9.17) is 15.6 Å². The zero-order valence-corrected chi connectivity index (χ0v) is 6.76. The average molecular weight is 147 g/mol. The second kappa shape index (κ2) is 4.66. The summed E-state index contributed by atoms with van der Waals surface area (Å²) in [4.78, 5) is 0. The molecule has 0 aliphatic heterocycles. The number of ether oxygens (including phenoxy) is 1. The fourth-order valence-corrected chi connectivity index (χ4v) is 0.716. The van der Waals surface area contributed by atoms with Crippen LogP contribution in [0.4, 0.5) is 0 Å². The first kappa shape index (κ1) is 9.88. The fraction of sp³-hybridized carbons (Fsp3) is 1.00. The second-order valence-electron chi connectivity index (χ2n) is 2.87. The Bertz CT molecular complexity index is 83.7. The van der Waals surface area contributed by atoms with Crippen LogP contribution in [0.5, 0.6) is 0 Å². The van der Waals surface area contributed by atoms with Crippen molar-refractivity contribution in [3.8, 4) is 0 Å². The van der Waals surface area contributed by atoms with Crippen molar-refractivity contribution in [1.29, 1.82) is 0 Å². The third kappa shape index (κ3) is 4.73. The summed E-state index contributed by atoms with van der Waals surface area (Å²) in [6.45, 7) is 2.73. The molecule has 0 aromatic rings. The molecule has 0 aromatic heterocycles. The molecule has 10 heavy (non-hydrogen) atoms. The molecule has 3 heteroatoms. The third-order valence-corrected chi connectivity index (χ3v) is 1.56. The zero-order valence-electron chi connectivity index (χ0n) is 6.76. The van der Waals surface area contributed by atoms with Crippen LogP contribution in [-0.4, -0.2) is 31.0 Å². The van der Waals surface area contributed by atoms with E-state index < -0.39 is 0 Å². The Morgan fingerprint density at radius 3 is 2.50 bits per heavy atom. The maximum atomic E-state index is 8.58. The van der Waals surface area contributed by atoms with E-state index >= 15 is 0 Å². The summed E-state index contributed by atoms with van der Waals surface area (Å²) >= 11 is 0. The summed E-state index contributed by atoms with van der Waals surface area (Å²) in [5, 5.41) is 8.58. The van der Waals surface area contributed by atoms with E-state index in [0.717, 1.165) is 6.42 Å². The number of methoxy groups -OCH3 is 1. The molecule has 0 spiro atoms. The van der Waals surface area contributed by atoms with Gasteiger partial charge in [-0.2, -0.15) is 0 Å². The molecule has 62 valence electrons. The lowest BCUT2D eigenvalue weighted by atomic mass is 9.96. The fourth-order valence-electron chi connectivity index (χ4n) is 0.716. The largest absolute Gasteiger partial charge is 0.396 e. The topological polar surface area (TPSA) is 55.5 Å². The molecule has 0 bridgehead atoms. The van der Waals surface area contributed by atoms with Crippen molar-refractivity contribution >= 4 is 0 Å². The Kier molecular flexibility index (Phi) is 4.60. The highest BCUT2D eigenvalue weighted by molar-refractivity contribution is 4.77. The minimum Gasteiger partial charge on any atom is -0.396 e. The molecule has 1 atom stereocenters. The second-order valence-corrected chi connectivity index (χ2v) is 2.87. The SMILES string of the molecule is COCCC(C)(N)CCO. The molecule has 0 heterocycles. The Labute approximate surface area is 62.2 Å². The summed E-state index contributed by atoms with van der Waals surface area (Å²) < 4.78 is 4.86. The van der Waals surface area contributed by atoms with E-state index in [-0.39, 0.29) is 12.1 Å². The first-order valence-corrected chi connectivity index (χ1v) is 3.51. The maximum Gasteiger partial charge on any atom is 0.0479 e. The lowest BCUT2D eigenvalue weighted by Crippen LogP contribution is -2.38.